The Labute approximate surface area is 144 Å². The molecule has 24 heavy (non-hydrogen) atoms. The Morgan fingerprint density at radius 2 is 1.96 bits per heavy atom. The largest absolute Gasteiger partial charge is 0.469 e. The number of Topliss-reactive ketones (excluding diaryl/α,β-unsaturated/α-hetero) is 1. The van der Waals surface area contributed by atoms with Crippen LogP contribution in [0.3, 0.4) is 0 Å². The van der Waals surface area contributed by atoms with Crippen LogP contribution in [0.15, 0.2) is 18.2 Å². The van der Waals surface area contributed by atoms with Crippen LogP contribution in [0.4, 0.5) is 0 Å². The SMILES string of the molecule is COC(=O)[C@]1(C)CCC[C@@]2(C)c3ccc(C(C)C)cc3C(=O)C[C@@H]12. The summed E-state index contributed by atoms with van der Waals surface area (Å²) in [5, 5.41) is 0. The van der Waals surface area contributed by atoms with E-state index in [9.17, 15) is 9.59 Å². The maximum absolute atomic E-state index is 12.9. The number of esters is 1. The van der Waals surface area contributed by atoms with Crippen molar-refractivity contribution in [1.29, 1.82) is 0 Å². The van der Waals surface area contributed by atoms with Gasteiger partial charge in [-0.2, -0.15) is 0 Å². The molecular weight excluding hydrogens is 300 g/mol. The van der Waals surface area contributed by atoms with Crippen LogP contribution in [-0.2, 0) is 14.9 Å². The van der Waals surface area contributed by atoms with Gasteiger partial charge >= 0.3 is 5.97 Å². The van der Waals surface area contributed by atoms with Gasteiger partial charge in [-0.25, -0.2) is 0 Å². The molecule has 1 aromatic carbocycles. The minimum absolute atomic E-state index is 0.0103. The summed E-state index contributed by atoms with van der Waals surface area (Å²) in [4.78, 5) is 25.4. The Hall–Kier alpha value is -1.64. The number of carbonyl (C=O) groups excluding carboxylic acids is 2. The zero-order valence-corrected chi connectivity index (χ0v) is 15.4. The van der Waals surface area contributed by atoms with Crippen LogP contribution >= 0.6 is 0 Å². The summed E-state index contributed by atoms with van der Waals surface area (Å²) >= 11 is 0. The Balaban J connectivity index is 2.14. The topological polar surface area (TPSA) is 43.4 Å². The third-order valence-electron chi connectivity index (χ3n) is 6.60. The van der Waals surface area contributed by atoms with Crippen LogP contribution in [-0.4, -0.2) is 18.9 Å². The van der Waals surface area contributed by atoms with Gasteiger partial charge in [0, 0.05) is 12.0 Å². The normalized spacial score (nSPS) is 32.2. The van der Waals surface area contributed by atoms with Gasteiger partial charge in [0.05, 0.1) is 12.5 Å². The van der Waals surface area contributed by atoms with Crippen LogP contribution in [0.2, 0.25) is 0 Å². The van der Waals surface area contributed by atoms with Crippen molar-refractivity contribution in [2.24, 2.45) is 11.3 Å². The lowest BCUT2D eigenvalue weighted by molar-refractivity contribution is -0.160. The predicted octanol–water partition coefficient (Wildman–Crippen LogP) is 4.63. The molecule has 2 aliphatic rings. The molecule has 0 unspecified atom stereocenters. The van der Waals surface area contributed by atoms with Crippen LogP contribution < -0.4 is 0 Å². The number of ether oxygens (including phenoxy) is 1. The minimum Gasteiger partial charge on any atom is -0.469 e. The summed E-state index contributed by atoms with van der Waals surface area (Å²) in [5.41, 5.74) is 2.49. The zero-order chi connectivity index (χ0) is 17.7. The molecule has 3 atom stereocenters. The van der Waals surface area contributed by atoms with E-state index in [4.69, 9.17) is 4.74 Å². The third kappa shape index (κ3) is 2.32. The van der Waals surface area contributed by atoms with Gasteiger partial charge in [-0.05, 0) is 54.2 Å². The van der Waals surface area contributed by atoms with E-state index in [1.54, 1.807) is 0 Å². The van der Waals surface area contributed by atoms with Crippen molar-refractivity contribution in [2.75, 3.05) is 7.11 Å². The van der Waals surface area contributed by atoms with Crippen molar-refractivity contribution < 1.29 is 14.3 Å². The quantitative estimate of drug-likeness (QED) is 0.743. The molecule has 0 bridgehead atoms. The zero-order valence-electron chi connectivity index (χ0n) is 15.4. The molecule has 2 aliphatic carbocycles. The van der Waals surface area contributed by atoms with E-state index >= 15 is 0 Å². The van der Waals surface area contributed by atoms with Crippen molar-refractivity contribution >= 4 is 11.8 Å². The highest BCUT2D eigenvalue weighted by molar-refractivity contribution is 6.00. The summed E-state index contributed by atoms with van der Waals surface area (Å²) in [6.07, 6.45) is 3.24. The number of hydrogen-bond donors (Lipinski definition) is 0. The molecule has 1 saturated carbocycles. The standard InChI is InChI=1S/C21H28O3/c1-13(2)14-7-8-16-15(11-14)17(22)12-18-20(16,3)9-6-10-21(18,4)19(23)24-5/h7-8,11,13,18H,6,9-10,12H2,1-5H3/t18-,20+,21-/m1/s1. The molecule has 0 amide bonds. The Bertz CT molecular complexity index is 690. The molecule has 0 saturated heterocycles. The number of benzene rings is 1. The first-order valence-electron chi connectivity index (χ1n) is 9.00. The molecule has 0 radical (unpaired) electrons. The fraction of sp³-hybridized carbons (Fsp3) is 0.619. The molecule has 0 spiro atoms. The van der Waals surface area contributed by atoms with Crippen LogP contribution in [0.1, 0.15) is 80.8 Å². The first-order valence-corrected chi connectivity index (χ1v) is 9.00. The van der Waals surface area contributed by atoms with Gasteiger partial charge in [0.25, 0.3) is 0 Å². The van der Waals surface area contributed by atoms with Crippen molar-refractivity contribution in [3.8, 4) is 0 Å². The Morgan fingerprint density at radius 3 is 2.58 bits per heavy atom. The molecule has 0 aromatic heterocycles. The number of carbonyl (C=O) groups is 2. The summed E-state index contributed by atoms with van der Waals surface area (Å²) in [6, 6.07) is 6.36. The predicted molar refractivity (Wildman–Crippen MR) is 94.3 cm³/mol. The highest BCUT2D eigenvalue weighted by Gasteiger charge is 2.57. The van der Waals surface area contributed by atoms with Crippen molar-refractivity contribution in [2.45, 2.75) is 64.7 Å². The highest BCUT2D eigenvalue weighted by Crippen LogP contribution is 2.57. The summed E-state index contributed by atoms with van der Waals surface area (Å²) in [7, 11) is 1.45. The van der Waals surface area contributed by atoms with Gasteiger partial charge in [-0.1, -0.05) is 39.3 Å². The number of methoxy groups -OCH3 is 1. The average Bonchev–Trinajstić information content (AvgIpc) is 2.56. The Kier molecular flexibility index (Phi) is 4.09. The molecule has 1 aromatic rings. The summed E-state index contributed by atoms with van der Waals surface area (Å²) in [5.74, 6) is 0.414. The van der Waals surface area contributed by atoms with Gasteiger partial charge < -0.3 is 4.74 Å². The lowest BCUT2D eigenvalue weighted by Crippen LogP contribution is -2.53. The second kappa shape index (κ2) is 5.72. The molecular formula is C21H28O3. The lowest BCUT2D eigenvalue weighted by atomic mass is 9.49. The van der Waals surface area contributed by atoms with Crippen LogP contribution in [0, 0.1) is 11.3 Å². The monoisotopic (exact) mass is 328 g/mol. The first kappa shape index (κ1) is 17.2. The number of ketones is 1. The van der Waals surface area contributed by atoms with E-state index < -0.39 is 5.41 Å². The summed E-state index contributed by atoms with van der Waals surface area (Å²) in [6.45, 7) is 8.52. The number of fused-ring (bicyclic) bond motifs is 3. The third-order valence-corrected chi connectivity index (χ3v) is 6.60. The van der Waals surface area contributed by atoms with E-state index in [0.29, 0.717) is 12.3 Å². The van der Waals surface area contributed by atoms with E-state index in [1.165, 1.54) is 12.7 Å². The van der Waals surface area contributed by atoms with Gasteiger partial charge in [0.2, 0.25) is 0 Å². The van der Waals surface area contributed by atoms with Crippen LogP contribution in [0.5, 0.6) is 0 Å². The van der Waals surface area contributed by atoms with E-state index in [1.807, 2.05) is 6.92 Å². The van der Waals surface area contributed by atoms with Crippen molar-refractivity contribution in [3.63, 3.8) is 0 Å². The van der Waals surface area contributed by atoms with Crippen LogP contribution in [0.25, 0.3) is 0 Å². The van der Waals surface area contributed by atoms with E-state index in [-0.39, 0.29) is 23.1 Å². The molecule has 130 valence electrons. The first-order chi connectivity index (χ1) is 11.2. The molecule has 0 heterocycles. The maximum Gasteiger partial charge on any atom is 0.311 e. The lowest BCUT2D eigenvalue weighted by Gasteiger charge is -2.53. The number of rotatable bonds is 2. The maximum atomic E-state index is 12.9. The second-order valence-corrected chi connectivity index (χ2v) is 8.32. The molecule has 0 N–H and O–H groups in total. The van der Waals surface area contributed by atoms with Gasteiger partial charge in [0.15, 0.2) is 5.78 Å². The molecule has 3 nitrogen and oxygen atoms in total. The minimum atomic E-state index is -0.578. The molecule has 1 fully saturated rings. The Morgan fingerprint density at radius 1 is 1.25 bits per heavy atom. The van der Waals surface area contributed by atoms with E-state index in [0.717, 1.165) is 30.4 Å². The fourth-order valence-corrected chi connectivity index (χ4v) is 5.07. The fourth-order valence-electron chi connectivity index (χ4n) is 5.07. The average molecular weight is 328 g/mol. The van der Waals surface area contributed by atoms with Crippen molar-refractivity contribution in [3.05, 3.63) is 34.9 Å². The number of hydrogen-bond acceptors (Lipinski definition) is 3. The van der Waals surface area contributed by atoms with Crippen molar-refractivity contribution in [1.82, 2.24) is 0 Å². The molecule has 3 rings (SSSR count). The van der Waals surface area contributed by atoms with E-state index in [2.05, 4.69) is 39.0 Å². The highest BCUT2D eigenvalue weighted by atomic mass is 16.5. The van der Waals surface area contributed by atoms with Gasteiger partial charge in [-0.3, -0.25) is 9.59 Å². The second-order valence-electron chi connectivity index (χ2n) is 8.32. The smallest absolute Gasteiger partial charge is 0.311 e. The van der Waals surface area contributed by atoms with Gasteiger partial charge in [0.1, 0.15) is 0 Å². The molecule has 3 heteroatoms. The summed E-state index contributed by atoms with van der Waals surface area (Å²) < 4.78 is 5.11. The molecule has 0 aliphatic heterocycles. The van der Waals surface area contributed by atoms with Gasteiger partial charge in [-0.15, -0.1) is 0 Å².